The van der Waals surface area contributed by atoms with E-state index < -0.39 is 0 Å². The molecule has 0 saturated heterocycles. The lowest BCUT2D eigenvalue weighted by atomic mass is 10.0. The topological polar surface area (TPSA) is 34.9 Å². The number of rotatable bonds is 2. The molecule has 0 unspecified atom stereocenters. The van der Waals surface area contributed by atoms with Crippen LogP contribution in [0.5, 0.6) is 0 Å². The number of hydrogen-bond donors (Lipinski definition) is 0. The molecule has 3 rings (SSSR count). The van der Waals surface area contributed by atoms with Crippen molar-refractivity contribution < 1.29 is 0 Å². The van der Waals surface area contributed by atoms with E-state index in [1.807, 2.05) is 24.3 Å². The summed E-state index contributed by atoms with van der Waals surface area (Å²) in [6, 6.07) is 8.08. The van der Waals surface area contributed by atoms with Crippen LogP contribution < -0.4 is 5.56 Å². The van der Waals surface area contributed by atoms with Gasteiger partial charge in [-0.25, -0.2) is 4.98 Å². The van der Waals surface area contributed by atoms with Gasteiger partial charge in [-0.05, 0) is 24.1 Å². The summed E-state index contributed by atoms with van der Waals surface area (Å²) in [7, 11) is 1.74. The average Bonchev–Trinajstić information content (AvgIpc) is 2.83. The maximum Gasteiger partial charge on any atom is 0.262 e. The predicted molar refractivity (Wildman–Crippen MR) is 87.4 cm³/mol. The molecule has 2 aromatic heterocycles. The Kier molecular flexibility index (Phi) is 3.48. The fourth-order valence-electron chi connectivity index (χ4n) is 2.29. The second kappa shape index (κ2) is 5.14. The van der Waals surface area contributed by atoms with E-state index in [9.17, 15) is 4.79 Å². The number of halogens is 1. The molecule has 0 radical (unpaired) electrons. The van der Waals surface area contributed by atoms with E-state index in [-0.39, 0.29) is 5.56 Å². The molecule has 0 aliphatic heterocycles. The van der Waals surface area contributed by atoms with E-state index in [1.165, 1.54) is 9.44 Å². The van der Waals surface area contributed by atoms with Crippen molar-refractivity contribution in [3.05, 3.63) is 50.3 Å². The Balaban J connectivity index is 2.41. The van der Waals surface area contributed by atoms with E-state index in [0.717, 1.165) is 32.2 Å². The lowest BCUT2D eigenvalue weighted by Gasteiger charge is -2.04. The van der Waals surface area contributed by atoms with Gasteiger partial charge in [0.15, 0.2) is 0 Å². The fraction of sp³-hybridized carbons (Fsp3) is 0.200. The molecule has 0 bridgehead atoms. The van der Waals surface area contributed by atoms with Crippen LogP contribution in [0.2, 0.25) is 0 Å². The Bertz CT molecular complexity index is 833. The number of hydrogen-bond acceptors (Lipinski definition) is 3. The molecule has 20 heavy (non-hydrogen) atoms. The van der Waals surface area contributed by atoms with Crippen molar-refractivity contribution in [2.45, 2.75) is 13.3 Å². The molecule has 5 heteroatoms. The first-order valence-electron chi connectivity index (χ1n) is 6.34. The Labute approximate surface area is 129 Å². The van der Waals surface area contributed by atoms with Gasteiger partial charge in [0.05, 0.1) is 11.7 Å². The van der Waals surface area contributed by atoms with E-state index >= 15 is 0 Å². The summed E-state index contributed by atoms with van der Waals surface area (Å²) in [6.45, 7) is 2.11. The summed E-state index contributed by atoms with van der Waals surface area (Å²) in [5.74, 6) is 0. The molecule has 2 heterocycles. The van der Waals surface area contributed by atoms with Gasteiger partial charge in [0.2, 0.25) is 0 Å². The minimum atomic E-state index is 0.0175. The number of fused-ring (bicyclic) bond motifs is 1. The summed E-state index contributed by atoms with van der Waals surface area (Å²) in [5, 5.41) is 0.735. The molecule has 0 N–H and O–H groups in total. The van der Waals surface area contributed by atoms with E-state index in [0.29, 0.717) is 0 Å². The molecule has 0 saturated carbocycles. The molecule has 102 valence electrons. The number of nitrogens with zero attached hydrogens (tertiary/aromatic N) is 2. The van der Waals surface area contributed by atoms with Gasteiger partial charge in [-0.1, -0.05) is 35.0 Å². The summed E-state index contributed by atoms with van der Waals surface area (Å²) in [5.41, 5.74) is 2.12. The van der Waals surface area contributed by atoms with Gasteiger partial charge >= 0.3 is 0 Å². The first-order chi connectivity index (χ1) is 9.61. The van der Waals surface area contributed by atoms with Gasteiger partial charge in [0, 0.05) is 22.0 Å². The largest absolute Gasteiger partial charge is 0.302 e. The van der Waals surface area contributed by atoms with Gasteiger partial charge < -0.3 is 4.57 Å². The molecule has 0 amide bonds. The summed E-state index contributed by atoms with van der Waals surface area (Å²) in [4.78, 5) is 18.9. The number of benzene rings is 1. The van der Waals surface area contributed by atoms with Crippen molar-refractivity contribution >= 4 is 37.5 Å². The van der Waals surface area contributed by atoms with Gasteiger partial charge in [-0.2, -0.15) is 0 Å². The SMILES string of the molecule is CCc1sc2ncn(C)c(=O)c2c1-c1ccc(Br)cc1. The molecule has 0 aliphatic rings. The fourth-order valence-corrected chi connectivity index (χ4v) is 3.65. The van der Waals surface area contributed by atoms with Crippen molar-refractivity contribution in [2.24, 2.45) is 7.05 Å². The third-order valence-electron chi connectivity index (χ3n) is 3.30. The third-order valence-corrected chi connectivity index (χ3v) is 5.07. The Hall–Kier alpha value is -1.46. The lowest BCUT2D eigenvalue weighted by molar-refractivity contribution is 0.845. The quantitative estimate of drug-likeness (QED) is 0.701. The molecule has 0 fully saturated rings. The summed E-state index contributed by atoms with van der Waals surface area (Å²) >= 11 is 5.05. The zero-order chi connectivity index (χ0) is 14.3. The number of thiophene rings is 1. The predicted octanol–water partition coefficient (Wildman–Crippen LogP) is 3.99. The van der Waals surface area contributed by atoms with Gasteiger partial charge in [0.1, 0.15) is 4.83 Å². The van der Waals surface area contributed by atoms with Crippen LogP contribution in [0.3, 0.4) is 0 Å². The van der Waals surface area contributed by atoms with Crippen LogP contribution in [0.15, 0.2) is 39.9 Å². The zero-order valence-electron chi connectivity index (χ0n) is 11.2. The summed E-state index contributed by atoms with van der Waals surface area (Å²) < 4.78 is 2.57. The highest BCUT2D eigenvalue weighted by molar-refractivity contribution is 9.10. The Morgan fingerprint density at radius 1 is 1.30 bits per heavy atom. The molecule has 3 nitrogen and oxygen atoms in total. The van der Waals surface area contributed by atoms with Crippen molar-refractivity contribution in [1.29, 1.82) is 0 Å². The smallest absolute Gasteiger partial charge is 0.262 e. The van der Waals surface area contributed by atoms with Gasteiger partial charge in [-0.3, -0.25) is 4.79 Å². The molecule has 0 aliphatic carbocycles. The van der Waals surface area contributed by atoms with Crippen molar-refractivity contribution in [2.75, 3.05) is 0 Å². The summed E-state index contributed by atoms with van der Waals surface area (Å²) in [6.07, 6.45) is 2.49. The van der Waals surface area contributed by atoms with Crippen LogP contribution >= 0.6 is 27.3 Å². The van der Waals surface area contributed by atoms with Crippen LogP contribution in [0, 0.1) is 0 Å². The van der Waals surface area contributed by atoms with Crippen molar-refractivity contribution in [3.63, 3.8) is 0 Å². The van der Waals surface area contributed by atoms with Gasteiger partial charge in [0.25, 0.3) is 5.56 Å². The number of aryl methyl sites for hydroxylation is 2. The van der Waals surface area contributed by atoms with Crippen LogP contribution in [-0.4, -0.2) is 9.55 Å². The Morgan fingerprint density at radius 3 is 2.65 bits per heavy atom. The maximum absolute atomic E-state index is 12.4. The second-order valence-electron chi connectivity index (χ2n) is 4.60. The molecule has 0 spiro atoms. The van der Waals surface area contributed by atoms with E-state index in [4.69, 9.17) is 0 Å². The van der Waals surface area contributed by atoms with E-state index in [2.05, 4.69) is 27.8 Å². The third kappa shape index (κ3) is 2.11. The molecule has 0 atom stereocenters. The molecule has 1 aromatic carbocycles. The van der Waals surface area contributed by atoms with Crippen LogP contribution in [0.25, 0.3) is 21.3 Å². The van der Waals surface area contributed by atoms with Crippen LogP contribution in [0.1, 0.15) is 11.8 Å². The van der Waals surface area contributed by atoms with Crippen LogP contribution in [0.4, 0.5) is 0 Å². The normalized spacial score (nSPS) is 11.2. The van der Waals surface area contributed by atoms with E-state index in [1.54, 1.807) is 24.7 Å². The van der Waals surface area contributed by atoms with Crippen LogP contribution in [-0.2, 0) is 13.5 Å². The Morgan fingerprint density at radius 2 is 2.00 bits per heavy atom. The van der Waals surface area contributed by atoms with Gasteiger partial charge in [-0.15, -0.1) is 11.3 Å². The molecular weight excluding hydrogens is 336 g/mol. The highest BCUT2D eigenvalue weighted by Crippen LogP contribution is 2.36. The maximum atomic E-state index is 12.4. The highest BCUT2D eigenvalue weighted by atomic mass is 79.9. The minimum Gasteiger partial charge on any atom is -0.302 e. The first kappa shape index (κ1) is 13.5. The highest BCUT2D eigenvalue weighted by Gasteiger charge is 2.17. The molecule has 3 aromatic rings. The second-order valence-corrected chi connectivity index (χ2v) is 6.60. The first-order valence-corrected chi connectivity index (χ1v) is 7.95. The lowest BCUT2D eigenvalue weighted by Crippen LogP contribution is -2.16. The monoisotopic (exact) mass is 348 g/mol. The standard InChI is InChI=1S/C15H13BrN2OS/c1-3-11-12(9-4-6-10(16)7-5-9)13-14(20-11)17-8-18(2)15(13)19/h4-8H,3H2,1-2H3. The minimum absolute atomic E-state index is 0.0175. The molecular formula is C15H13BrN2OS. The van der Waals surface area contributed by atoms with Crippen molar-refractivity contribution in [1.82, 2.24) is 9.55 Å². The number of aromatic nitrogens is 2. The van der Waals surface area contributed by atoms with Crippen molar-refractivity contribution in [3.8, 4) is 11.1 Å². The zero-order valence-corrected chi connectivity index (χ0v) is 13.6. The average molecular weight is 349 g/mol.